The molecule has 1 aliphatic rings. The Bertz CT molecular complexity index is 449. The Kier molecular flexibility index (Phi) is 6.30. The van der Waals surface area contributed by atoms with Crippen LogP contribution in [0.15, 0.2) is 42.5 Å². The summed E-state index contributed by atoms with van der Waals surface area (Å²) >= 11 is 1.68. The van der Waals surface area contributed by atoms with E-state index < -0.39 is 0 Å². The molecular weight excluding hydrogens is 284 g/mol. The van der Waals surface area contributed by atoms with Gasteiger partial charge in [0, 0.05) is 0 Å². The number of hydrogen-bond donors (Lipinski definition) is 0. The summed E-state index contributed by atoms with van der Waals surface area (Å²) < 4.78 is 17.0. The molecule has 0 aliphatic carbocycles. The van der Waals surface area contributed by atoms with Gasteiger partial charge in [0.25, 0.3) is 0 Å². The van der Waals surface area contributed by atoms with Crippen LogP contribution in [0.2, 0.25) is 0 Å². The molecule has 0 amide bonds. The molecule has 2 rings (SSSR count). The summed E-state index contributed by atoms with van der Waals surface area (Å²) in [6, 6.07) is 10.2. The zero-order valence-electron chi connectivity index (χ0n) is 13.0. The topological polar surface area (TPSA) is 31.0 Å². The fourth-order valence-corrected chi connectivity index (χ4v) is 2.38. The molecular formula is C17H24O3S. The van der Waals surface area contributed by atoms with Crippen LogP contribution in [0.3, 0.4) is 0 Å². The molecule has 21 heavy (non-hydrogen) atoms. The van der Waals surface area contributed by atoms with Crippen LogP contribution in [0.25, 0.3) is 0 Å². The lowest BCUT2D eigenvalue weighted by Crippen LogP contribution is -2.13. The third kappa shape index (κ3) is 5.47. The SMILES string of the molecule is CSCO[C@@H](C)/C=C/[C@]1(C)O[C@@H]1COCc1ccccc1. The number of hydrogen-bond acceptors (Lipinski definition) is 4. The second-order valence-corrected chi connectivity index (χ2v) is 6.24. The Hall–Kier alpha value is -0.810. The third-order valence-corrected chi connectivity index (χ3v) is 3.88. The Balaban J connectivity index is 1.67. The van der Waals surface area contributed by atoms with E-state index in [-0.39, 0.29) is 17.8 Å². The highest BCUT2D eigenvalue weighted by Crippen LogP contribution is 2.37. The van der Waals surface area contributed by atoms with Gasteiger partial charge in [-0.15, -0.1) is 11.8 Å². The van der Waals surface area contributed by atoms with E-state index >= 15 is 0 Å². The maximum Gasteiger partial charge on any atom is 0.114 e. The van der Waals surface area contributed by atoms with Crippen LogP contribution in [0.4, 0.5) is 0 Å². The fraction of sp³-hybridized carbons (Fsp3) is 0.529. The molecule has 0 N–H and O–H groups in total. The summed E-state index contributed by atoms with van der Waals surface area (Å²) in [5.41, 5.74) is 0.989. The molecule has 1 aliphatic heterocycles. The molecule has 1 heterocycles. The molecule has 0 radical (unpaired) electrons. The van der Waals surface area contributed by atoms with E-state index in [1.54, 1.807) is 11.8 Å². The predicted molar refractivity (Wildman–Crippen MR) is 87.4 cm³/mol. The first-order valence-corrected chi connectivity index (χ1v) is 8.63. The van der Waals surface area contributed by atoms with E-state index in [0.717, 1.165) is 0 Å². The molecule has 1 aromatic carbocycles. The van der Waals surface area contributed by atoms with Gasteiger partial charge in [0.15, 0.2) is 0 Å². The summed E-state index contributed by atoms with van der Waals surface area (Å²) in [5.74, 6) is 0.715. The predicted octanol–water partition coefficient (Wildman–Crippen LogP) is 3.64. The quantitative estimate of drug-likeness (QED) is 0.396. The van der Waals surface area contributed by atoms with E-state index in [9.17, 15) is 0 Å². The molecule has 0 aromatic heterocycles. The average Bonchev–Trinajstić information content (AvgIpc) is 3.15. The summed E-state index contributed by atoms with van der Waals surface area (Å²) in [4.78, 5) is 0. The van der Waals surface area contributed by atoms with Gasteiger partial charge in [0.2, 0.25) is 0 Å². The fourth-order valence-electron chi connectivity index (χ4n) is 2.03. The lowest BCUT2D eigenvalue weighted by atomic mass is 10.1. The van der Waals surface area contributed by atoms with Crippen molar-refractivity contribution in [3.63, 3.8) is 0 Å². The monoisotopic (exact) mass is 308 g/mol. The largest absolute Gasteiger partial charge is 0.374 e. The first-order valence-electron chi connectivity index (χ1n) is 7.23. The van der Waals surface area contributed by atoms with E-state index in [1.165, 1.54) is 5.56 Å². The maximum atomic E-state index is 5.72. The van der Waals surface area contributed by atoms with E-state index in [2.05, 4.69) is 31.2 Å². The Morgan fingerprint density at radius 2 is 2.14 bits per heavy atom. The van der Waals surface area contributed by atoms with Crippen LogP contribution in [-0.2, 0) is 20.8 Å². The van der Waals surface area contributed by atoms with Crippen LogP contribution < -0.4 is 0 Å². The number of rotatable bonds is 9. The number of benzene rings is 1. The van der Waals surface area contributed by atoms with Gasteiger partial charge < -0.3 is 14.2 Å². The lowest BCUT2D eigenvalue weighted by molar-refractivity contribution is 0.104. The van der Waals surface area contributed by atoms with Gasteiger partial charge in [-0.2, -0.15) is 0 Å². The van der Waals surface area contributed by atoms with Crippen molar-refractivity contribution in [1.29, 1.82) is 0 Å². The first-order chi connectivity index (χ1) is 10.1. The summed E-state index contributed by atoms with van der Waals surface area (Å²) in [5, 5.41) is 0. The van der Waals surface area contributed by atoms with Gasteiger partial charge in [0.05, 0.1) is 25.3 Å². The molecule has 0 spiro atoms. The number of epoxide rings is 1. The highest BCUT2D eigenvalue weighted by molar-refractivity contribution is 7.98. The zero-order chi connectivity index (χ0) is 15.1. The normalized spacial score (nSPS) is 26.1. The summed E-state index contributed by atoms with van der Waals surface area (Å²) in [7, 11) is 0. The van der Waals surface area contributed by atoms with Gasteiger partial charge >= 0.3 is 0 Å². The van der Waals surface area contributed by atoms with Crippen molar-refractivity contribution in [2.45, 2.75) is 38.3 Å². The molecule has 0 bridgehead atoms. The first kappa shape index (κ1) is 16.6. The van der Waals surface area contributed by atoms with Gasteiger partial charge in [-0.3, -0.25) is 0 Å². The molecule has 4 heteroatoms. The van der Waals surface area contributed by atoms with Crippen LogP contribution in [-0.4, -0.2) is 36.6 Å². The van der Waals surface area contributed by atoms with Crippen molar-refractivity contribution in [2.75, 3.05) is 18.8 Å². The number of ether oxygens (including phenoxy) is 3. The van der Waals surface area contributed by atoms with E-state index in [1.807, 2.05) is 31.4 Å². The molecule has 3 atom stereocenters. The van der Waals surface area contributed by atoms with E-state index in [0.29, 0.717) is 19.2 Å². The van der Waals surface area contributed by atoms with Gasteiger partial charge in [-0.1, -0.05) is 42.5 Å². The third-order valence-electron chi connectivity index (χ3n) is 3.51. The van der Waals surface area contributed by atoms with Crippen LogP contribution in [0, 0.1) is 0 Å². The van der Waals surface area contributed by atoms with Gasteiger partial charge in [-0.05, 0) is 25.7 Å². The summed E-state index contributed by atoms with van der Waals surface area (Å²) in [6.07, 6.45) is 6.44. The van der Waals surface area contributed by atoms with Crippen molar-refractivity contribution in [2.24, 2.45) is 0 Å². The van der Waals surface area contributed by atoms with Crippen molar-refractivity contribution in [3.05, 3.63) is 48.0 Å². The van der Waals surface area contributed by atoms with Crippen molar-refractivity contribution in [1.82, 2.24) is 0 Å². The van der Waals surface area contributed by atoms with Crippen molar-refractivity contribution < 1.29 is 14.2 Å². The van der Waals surface area contributed by atoms with Crippen molar-refractivity contribution in [3.8, 4) is 0 Å². The average molecular weight is 308 g/mol. The smallest absolute Gasteiger partial charge is 0.114 e. The van der Waals surface area contributed by atoms with Crippen molar-refractivity contribution >= 4 is 11.8 Å². The zero-order valence-corrected chi connectivity index (χ0v) is 13.8. The molecule has 116 valence electrons. The second-order valence-electron chi connectivity index (χ2n) is 5.43. The Morgan fingerprint density at radius 1 is 1.38 bits per heavy atom. The molecule has 1 aromatic rings. The minimum atomic E-state index is -0.201. The minimum Gasteiger partial charge on any atom is -0.374 e. The van der Waals surface area contributed by atoms with E-state index in [4.69, 9.17) is 14.2 Å². The molecule has 1 saturated heterocycles. The number of thioether (sulfide) groups is 1. The van der Waals surface area contributed by atoms with Crippen LogP contribution in [0.5, 0.6) is 0 Å². The Morgan fingerprint density at radius 3 is 2.86 bits per heavy atom. The highest BCUT2D eigenvalue weighted by atomic mass is 32.2. The molecule has 0 unspecified atom stereocenters. The summed E-state index contributed by atoms with van der Waals surface area (Å²) in [6.45, 7) is 5.38. The highest BCUT2D eigenvalue weighted by Gasteiger charge is 2.50. The van der Waals surface area contributed by atoms with Crippen LogP contribution in [0.1, 0.15) is 19.4 Å². The maximum absolute atomic E-state index is 5.72. The van der Waals surface area contributed by atoms with Gasteiger partial charge in [0.1, 0.15) is 11.7 Å². The Labute approximate surface area is 131 Å². The van der Waals surface area contributed by atoms with Gasteiger partial charge in [-0.25, -0.2) is 0 Å². The molecule has 0 saturated carbocycles. The minimum absolute atomic E-state index is 0.115. The standard InChI is InChI=1S/C17H24O3S/c1-14(19-13-21-3)9-10-17(2)16(20-17)12-18-11-15-7-5-4-6-8-15/h4-10,14,16H,11-13H2,1-3H3/b10-9+/t14-,16+,17-/m0/s1. The van der Waals surface area contributed by atoms with Crippen LogP contribution >= 0.6 is 11.8 Å². The second kappa shape index (κ2) is 7.99. The molecule has 3 nitrogen and oxygen atoms in total. The molecule has 1 fully saturated rings. The lowest BCUT2D eigenvalue weighted by Gasteiger charge is -2.07.